The van der Waals surface area contributed by atoms with E-state index >= 15 is 0 Å². The summed E-state index contributed by atoms with van der Waals surface area (Å²) in [7, 11) is 0. The van der Waals surface area contributed by atoms with E-state index in [9.17, 15) is 0 Å². The molecule has 28 heavy (non-hydrogen) atoms. The molecule has 0 fully saturated rings. The molecule has 0 bridgehead atoms. The average Bonchev–Trinajstić information content (AvgIpc) is 2.75. The second-order valence-electron chi connectivity index (χ2n) is 6.81. The van der Waals surface area contributed by atoms with Gasteiger partial charge in [0.2, 0.25) is 0 Å². The van der Waals surface area contributed by atoms with Crippen molar-refractivity contribution < 1.29 is 0 Å². The van der Waals surface area contributed by atoms with Gasteiger partial charge >= 0.3 is 0 Å². The van der Waals surface area contributed by atoms with Crippen LogP contribution in [0.25, 0.3) is 5.70 Å². The first-order valence-corrected chi connectivity index (χ1v) is 10.6. The quantitative estimate of drug-likeness (QED) is 0.491. The van der Waals surface area contributed by atoms with E-state index in [1.165, 1.54) is 60.9 Å². The van der Waals surface area contributed by atoms with Crippen molar-refractivity contribution >= 4 is 5.70 Å². The van der Waals surface area contributed by atoms with Gasteiger partial charge < -0.3 is 11.5 Å². The zero-order valence-electron chi connectivity index (χ0n) is 18.0. The number of dihydropyridines is 1. The lowest BCUT2D eigenvalue weighted by molar-refractivity contribution is 0.727. The number of benzene rings is 2. The maximum Gasteiger partial charge on any atom is 0.0416 e. The normalized spacial score (nSPS) is 12.2. The molecule has 1 aliphatic heterocycles. The number of allylic oxidation sites excluding steroid dienone is 2. The van der Waals surface area contributed by atoms with Crippen molar-refractivity contribution in [3.63, 3.8) is 0 Å². The lowest BCUT2D eigenvalue weighted by atomic mass is 9.97. The van der Waals surface area contributed by atoms with E-state index in [2.05, 4.69) is 79.0 Å². The Kier molecular flexibility index (Phi) is 11.7. The SMILES string of the molecule is CC.CCCc1ccccc1CCCCc1ccc(C2=CC=CCN2)cc1.N. The molecule has 2 heteroatoms. The molecule has 2 aromatic carbocycles. The highest BCUT2D eigenvalue weighted by atomic mass is 14.9. The van der Waals surface area contributed by atoms with Crippen molar-refractivity contribution in [1.82, 2.24) is 11.5 Å². The van der Waals surface area contributed by atoms with E-state index < -0.39 is 0 Å². The predicted octanol–water partition coefficient (Wildman–Crippen LogP) is 6.89. The Morgan fingerprint density at radius 2 is 1.46 bits per heavy atom. The minimum atomic E-state index is 0. The second kappa shape index (κ2) is 13.8. The number of unbranched alkanes of at least 4 members (excludes halogenated alkanes) is 1. The van der Waals surface area contributed by atoms with Crippen LogP contribution in [0.4, 0.5) is 0 Å². The van der Waals surface area contributed by atoms with Crippen molar-refractivity contribution in [2.45, 2.75) is 59.3 Å². The van der Waals surface area contributed by atoms with Gasteiger partial charge in [-0.15, -0.1) is 0 Å². The molecule has 152 valence electrons. The Bertz CT molecular complexity index is 726. The standard InChI is InChI=1S/C24H29N.C2H6.H3N/c1-2-9-21-11-5-6-13-22(21)12-4-3-10-20-15-17-23(18-16-20)24-14-7-8-19-25-24;1-2;/h5-8,11,13-18,25H,2-4,9-10,12,19H2,1H3;1-2H3;1H3. The van der Waals surface area contributed by atoms with Crippen molar-refractivity contribution in [3.8, 4) is 0 Å². The van der Waals surface area contributed by atoms with Gasteiger partial charge in [-0.25, -0.2) is 0 Å². The number of aryl methyl sites for hydroxylation is 3. The topological polar surface area (TPSA) is 47.0 Å². The molecule has 0 unspecified atom stereocenters. The smallest absolute Gasteiger partial charge is 0.0416 e. The molecule has 2 nitrogen and oxygen atoms in total. The number of hydrogen-bond donors (Lipinski definition) is 2. The minimum absolute atomic E-state index is 0. The molecule has 0 atom stereocenters. The lowest BCUT2D eigenvalue weighted by Gasteiger charge is -2.13. The Balaban J connectivity index is 0.00000127. The molecule has 0 aliphatic carbocycles. The Morgan fingerprint density at radius 1 is 0.821 bits per heavy atom. The van der Waals surface area contributed by atoms with Crippen LogP contribution in [0.15, 0.2) is 66.8 Å². The maximum atomic E-state index is 3.42. The Labute approximate surface area is 172 Å². The van der Waals surface area contributed by atoms with Crippen LogP contribution in [0.2, 0.25) is 0 Å². The molecule has 2 aromatic rings. The summed E-state index contributed by atoms with van der Waals surface area (Å²) in [6.45, 7) is 7.18. The third kappa shape index (κ3) is 7.36. The highest BCUT2D eigenvalue weighted by molar-refractivity contribution is 5.66. The third-order valence-corrected chi connectivity index (χ3v) is 4.87. The fraction of sp³-hybridized carbons (Fsp3) is 0.385. The summed E-state index contributed by atoms with van der Waals surface area (Å²) < 4.78 is 0. The zero-order valence-corrected chi connectivity index (χ0v) is 18.0. The number of hydrogen-bond acceptors (Lipinski definition) is 2. The molecule has 0 aromatic heterocycles. The molecule has 1 heterocycles. The Hall–Kier alpha value is -2.32. The zero-order chi connectivity index (χ0) is 19.3. The van der Waals surface area contributed by atoms with Crippen molar-refractivity contribution in [2.75, 3.05) is 6.54 Å². The van der Waals surface area contributed by atoms with Gasteiger partial charge in [0, 0.05) is 12.2 Å². The van der Waals surface area contributed by atoms with Gasteiger partial charge in [-0.2, -0.15) is 0 Å². The van der Waals surface area contributed by atoms with E-state index in [0.29, 0.717) is 0 Å². The second-order valence-corrected chi connectivity index (χ2v) is 6.81. The molecule has 0 saturated carbocycles. The van der Waals surface area contributed by atoms with Gasteiger partial charge in [-0.3, -0.25) is 0 Å². The van der Waals surface area contributed by atoms with Crippen molar-refractivity contribution in [2.24, 2.45) is 0 Å². The largest absolute Gasteiger partial charge is 0.381 e. The van der Waals surface area contributed by atoms with Crippen LogP contribution in [-0.4, -0.2) is 6.54 Å². The monoisotopic (exact) mass is 378 g/mol. The van der Waals surface area contributed by atoms with Crippen LogP contribution < -0.4 is 11.5 Å². The molecule has 4 N–H and O–H groups in total. The van der Waals surface area contributed by atoms with Crippen LogP contribution in [0.1, 0.15) is 62.3 Å². The van der Waals surface area contributed by atoms with Crippen LogP contribution in [0.5, 0.6) is 0 Å². The Morgan fingerprint density at radius 3 is 2.07 bits per heavy atom. The van der Waals surface area contributed by atoms with Gasteiger partial charge in [-0.1, -0.05) is 87.9 Å². The minimum Gasteiger partial charge on any atom is -0.381 e. The van der Waals surface area contributed by atoms with E-state index in [1.807, 2.05) is 13.8 Å². The van der Waals surface area contributed by atoms with Gasteiger partial charge in [0.1, 0.15) is 0 Å². The summed E-state index contributed by atoms with van der Waals surface area (Å²) in [6.07, 6.45) is 13.7. The number of nitrogens with one attached hydrogen (secondary N) is 1. The molecular formula is C26H38N2. The van der Waals surface area contributed by atoms with Crippen molar-refractivity contribution in [3.05, 3.63) is 89.0 Å². The van der Waals surface area contributed by atoms with Crippen molar-refractivity contribution in [1.29, 1.82) is 0 Å². The highest BCUT2D eigenvalue weighted by Crippen LogP contribution is 2.17. The molecule has 0 saturated heterocycles. The first kappa shape index (κ1) is 23.7. The van der Waals surface area contributed by atoms with E-state index in [0.717, 1.165) is 6.54 Å². The highest BCUT2D eigenvalue weighted by Gasteiger charge is 2.03. The fourth-order valence-corrected chi connectivity index (χ4v) is 3.47. The van der Waals surface area contributed by atoms with E-state index in [-0.39, 0.29) is 6.15 Å². The van der Waals surface area contributed by atoms with E-state index in [4.69, 9.17) is 0 Å². The summed E-state index contributed by atoms with van der Waals surface area (Å²) in [5.74, 6) is 0. The third-order valence-electron chi connectivity index (χ3n) is 4.87. The van der Waals surface area contributed by atoms with Crippen LogP contribution in [0.3, 0.4) is 0 Å². The summed E-state index contributed by atoms with van der Waals surface area (Å²) in [5, 5.41) is 3.42. The molecule has 1 aliphatic rings. The summed E-state index contributed by atoms with van der Waals surface area (Å²) in [5.41, 5.74) is 7.03. The summed E-state index contributed by atoms with van der Waals surface area (Å²) in [6, 6.07) is 18.0. The van der Waals surface area contributed by atoms with Crippen LogP contribution in [-0.2, 0) is 19.3 Å². The summed E-state index contributed by atoms with van der Waals surface area (Å²) >= 11 is 0. The first-order chi connectivity index (χ1) is 13.4. The fourth-order valence-electron chi connectivity index (χ4n) is 3.47. The molecule has 0 radical (unpaired) electrons. The average molecular weight is 379 g/mol. The first-order valence-electron chi connectivity index (χ1n) is 10.6. The van der Waals surface area contributed by atoms with E-state index in [1.54, 1.807) is 5.56 Å². The van der Waals surface area contributed by atoms with Gasteiger partial charge in [0.25, 0.3) is 0 Å². The number of rotatable bonds is 8. The summed E-state index contributed by atoms with van der Waals surface area (Å²) in [4.78, 5) is 0. The van der Waals surface area contributed by atoms with Gasteiger partial charge in [-0.05, 0) is 60.4 Å². The van der Waals surface area contributed by atoms with Crippen LogP contribution >= 0.6 is 0 Å². The molecule has 0 spiro atoms. The maximum absolute atomic E-state index is 3.42. The van der Waals surface area contributed by atoms with Gasteiger partial charge in [0.05, 0.1) is 0 Å². The van der Waals surface area contributed by atoms with Crippen LogP contribution in [0, 0.1) is 0 Å². The molecule has 3 rings (SSSR count). The lowest BCUT2D eigenvalue weighted by Crippen LogP contribution is -2.14. The molecular weight excluding hydrogens is 340 g/mol. The predicted molar refractivity (Wildman–Crippen MR) is 125 cm³/mol. The van der Waals surface area contributed by atoms with Gasteiger partial charge in [0.15, 0.2) is 0 Å². The molecule has 0 amide bonds.